The van der Waals surface area contributed by atoms with E-state index in [1.54, 1.807) is 4.68 Å². The van der Waals surface area contributed by atoms with Crippen LogP contribution in [0.15, 0.2) is 0 Å². The Bertz CT molecular complexity index is 615. The third-order valence-corrected chi connectivity index (χ3v) is 5.66. The standard InChI is InChI=1S/C17H28N6O3/c1-2-23-16(18-19-20-23)15-8-5-9-22(15)17(25)14(11-21(26)12-24)10-13-6-3-4-7-13/h12-15,26H,2-11H2,1H3/t14-,15-/m0/s1. The van der Waals surface area contributed by atoms with Crippen LogP contribution in [-0.2, 0) is 16.1 Å². The topological polar surface area (TPSA) is 104 Å². The van der Waals surface area contributed by atoms with Crippen molar-refractivity contribution in [3.63, 3.8) is 0 Å². The number of nitrogens with zero attached hydrogens (tertiary/aromatic N) is 6. The lowest BCUT2D eigenvalue weighted by Gasteiger charge is -2.30. The minimum atomic E-state index is -0.389. The van der Waals surface area contributed by atoms with Crippen LogP contribution in [0.25, 0.3) is 0 Å². The van der Waals surface area contributed by atoms with Gasteiger partial charge in [0.25, 0.3) is 0 Å². The van der Waals surface area contributed by atoms with Crippen molar-refractivity contribution in [3.05, 3.63) is 5.82 Å². The van der Waals surface area contributed by atoms with E-state index < -0.39 is 0 Å². The van der Waals surface area contributed by atoms with Gasteiger partial charge in [-0.25, -0.2) is 9.75 Å². The molecule has 1 aromatic rings. The van der Waals surface area contributed by atoms with Crippen LogP contribution in [-0.4, -0.2) is 60.8 Å². The summed E-state index contributed by atoms with van der Waals surface area (Å²) >= 11 is 0. The first kappa shape index (κ1) is 18.8. The van der Waals surface area contributed by atoms with E-state index in [1.807, 2.05) is 11.8 Å². The molecule has 1 saturated carbocycles. The Labute approximate surface area is 153 Å². The van der Waals surface area contributed by atoms with Gasteiger partial charge in [-0.05, 0) is 42.5 Å². The molecule has 144 valence electrons. The fourth-order valence-electron chi connectivity index (χ4n) is 4.38. The third-order valence-electron chi connectivity index (χ3n) is 5.66. The maximum absolute atomic E-state index is 13.3. The molecule has 0 aromatic carbocycles. The Morgan fingerprint density at radius 2 is 2.12 bits per heavy atom. The summed E-state index contributed by atoms with van der Waals surface area (Å²) in [5.74, 6) is 0.811. The number of hydrogen-bond donors (Lipinski definition) is 1. The largest absolute Gasteiger partial charge is 0.332 e. The van der Waals surface area contributed by atoms with Crippen molar-refractivity contribution in [2.75, 3.05) is 13.1 Å². The molecule has 0 bridgehead atoms. The average Bonchev–Trinajstić information content (AvgIpc) is 3.39. The summed E-state index contributed by atoms with van der Waals surface area (Å²) in [5, 5.41) is 22.2. The highest BCUT2D eigenvalue weighted by atomic mass is 16.5. The Hall–Kier alpha value is -2.03. The van der Waals surface area contributed by atoms with Crippen LogP contribution in [0.5, 0.6) is 0 Å². The van der Waals surface area contributed by atoms with Gasteiger partial charge in [-0.3, -0.25) is 14.8 Å². The molecular weight excluding hydrogens is 336 g/mol. The van der Waals surface area contributed by atoms with Crippen molar-refractivity contribution in [1.29, 1.82) is 0 Å². The van der Waals surface area contributed by atoms with E-state index in [0.717, 1.165) is 25.7 Å². The number of hydroxylamine groups is 2. The monoisotopic (exact) mass is 364 g/mol. The Balaban J connectivity index is 1.76. The smallest absolute Gasteiger partial charge is 0.233 e. The second kappa shape index (κ2) is 8.57. The van der Waals surface area contributed by atoms with Crippen molar-refractivity contribution < 1.29 is 14.8 Å². The molecule has 9 heteroatoms. The Morgan fingerprint density at radius 3 is 2.81 bits per heavy atom. The number of aryl methyl sites for hydroxylation is 1. The first-order valence-electron chi connectivity index (χ1n) is 9.61. The highest BCUT2D eigenvalue weighted by molar-refractivity contribution is 5.80. The summed E-state index contributed by atoms with van der Waals surface area (Å²) < 4.78 is 1.73. The highest BCUT2D eigenvalue weighted by Crippen LogP contribution is 2.35. The summed E-state index contributed by atoms with van der Waals surface area (Å²) in [6.07, 6.45) is 7.44. The van der Waals surface area contributed by atoms with Gasteiger partial charge in [-0.15, -0.1) is 5.10 Å². The molecule has 0 radical (unpaired) electrons. The van der Waals surface area contributed by atoms with E-state index in [2.05, 4.69) is 15.5 Å². The lowest BCUT2D eigenvalue weighted by atomic mass is 9.91. The molecular formula is C17H28N6O3. The van der Waals surface area contributed by atoms with E-state index in [0.29, 0.717) is 42.7 Å². The van der Waals surface area contributed by atoms with Crippen LogP contribution in [0, 0.1) is 11.8 Å². The van der Waals surface area contributed by atoms with Gasteiger partial charge in [0.05, 0.1) is 18.5 Å². The molecule has 2 amide bonds. The predicted octanol–water partition coefficient (Wildman–Crippen LogP) is 1.40. The number of carbonyl (C=O) groups excluding carboxylic acids is 2. The maximum atomic E-state index is 13.3. The van der Waals surface area contributed by atoms with Gasteiger partial charge >= 0.3 is 0 Å². The van der Waals surface area contributed by atoms with Crippen LogP contribution >= 0.6 is 0 Å². The number of likely N-dealkylation sites (tertiary alicyclic amines) is 1. The summed E-state index contributed by atoms with van der Waals surface area (Å²) in [6.45, 7) is 3.33. The zero-order valence-electron chi connectivity index (χ0n) is 15.3. The van der Waals surface area contributed by atoms with Crippen LogP contribution in [0.4, 0.5) is 0 Å². The lowest BCUT2D eigenvalue weighted by Crippen LogP contribution is -2.41. The van der Waals surface area contributed by atoms with Crippen molar-refractivity contribution in [2.45, 2.75) is 64.5 Å². The van der Waals surface area contributed by atoms with E-state index in [1.165, 1.54) is 12.8 Å². The van der Waals surface area contributed by atoms with E-state index in [4.69, 9.17) is 0 Å². The molecule has 2 aliphatic rings. The van der Waals surface area contributed by atoms with Gasteiger partial charge < -0.3 is 4.90 Å². The summed E-state index contributed by atoms with van der Waals surface area (Å²) in [6, 6.07) is -0.132. The molecule has 2 heterocycles. The van der Waals surface area contributed by atoms with E-state index in [9.17, 15) is 14.8 Å². The van der Waals surface area contributed by atoms with Crippen LogP contribution in [0.3, 0.4) is 0 Å². The molecule has 9 nitrogen and oxygen atoms in total. The van der Waals surface area contributed by atoms with Gasteiger partial charge in [0, 0.05) is 13.1 Å². The molecule has 0 spiro atoms. The zero-order chi connectivity index (χ0) is 18.5. The third kappa shape index (κ3) is 4.03. The lowest BCUT2D eigenvalue weighted by molar-refractivity contribution is -0.157. The van der Waals surface area contributed by atoms with Crippen molar-refractivity contribution in [3.8, 4) is 0 Å². The number of rotatable bonds is 8. The molecule has 1 N–H and O–H groups in total. The molecule has 26 heavy (non-hydrogen) atoms. The average molecular weight is 364 g/mol. The highest BCUT2D eigenvalue weighted by Gasteiger charge is 2.38. The van der Waals surface area contributed by atoms with Crippen LogP contribution in [0.2, 0.25) is 0 Å². The number of aromatic nitrogens is 4. The summed E-state index contributed by atoms with van der Waals surface area (Å²) in [4.78, 5) is 26.0. The SMILES string of the molecule is CCn1nnnc1[C@@H]1CCCN1C(=O)[C@@H](CC1CCCC1)CN(O)C=O. The number of tetrazole rings is 1. The first-order chi connectivity index (χ1) is 12.6. The molecule has 3 rings (SSSR count). The molecule has 1 saturated heterocycles. The van der Waals surface area contributed by atoms with E-state index in [-0.39, 0.29) is 24.4 Å². The quantitative estimate of drug-likeness (QED) is 0.425. The normalized spacial score (nSPS) is 21.9. The minimum Gasteiger partial charge on any atom is -0.332 e. The first-order valence-corrected chi connectivity index (χ1v) is 9.61. The van der Waals surface area contributed by atoms with Gasteiger partial charge in [-0.2, -0.15) is 0 Å². The minimum absolute atomic E-state index is 0.00838. The van der Waals surface area contributed by atoms with Crippen LogP contribution < -0.4 is 0 Å². The van der Waals surface area contributed by atoms with Crippen molar-refractivity contribution in [2.24, 2.45) is 11.8 Å². The molecule has 1 aliphatic carbocycles. The molecule has 2 fully saturated rings. The number of hydrogen-bond acceptors (Lipinski definition) is 6. The molecule has 1 aromatic heterocycles. The van der Waals surface area contributed by atoms with Gasteiger partial charge in [0.15, 0.2) is 5.82 Å². The molecule has 1 aliphatic heterocycles. The Morgan fingerprint density at radius 1 is 1.35 bits per heavy atom. The fraction of sp³-hybridized carbons (Fsp3) is 0.824. The number of carbonyl (C=O) groups is 2. The van der Waals surface area contributed by atoms with Gasteiger partial charge in [0.1, 0.15) is 0 Å². The van der Waals surface area contributed by atoms with E-state index >= 15 is 0 Å². The predicted molar refractivity (Wildman–Crippen MR) is 91.8 cm³/mol. The van der Waals surface area contributed by atoms with Crippen molar-refractivity contribution in [1.82, 2.24) is 30.2 Å². The van der Waals surface area contributed by atoms with Gasteiger partial charge in [-0.1, -0.05) is 25.7 Å². The second-order valence-electron chi connectivity index (χ2n) is 7.35. The van der Waals surface area contributed by atoms with Gasteiger partial charge in [0.2, 0.25) is 12.3 Å². The summed E-state index contributed by atoms with van der Waals surface area (Å²) in [5.41, 5.74) is 0. The summed E-state index contributed by atoms with van der Waals surface area (Å²) in [7, 11) is 0. The van der Waals surface area contributed by atoms with Crippen molar-refractivity contribution >= 4 is 12.3 Å². The van der Waals surface area contributed by atoms with Crippen LogP contribution in [0.1, 0.15) is 63.7 Å². The second-order valence-corrected chi connectivity index (χ2v) is 7.35. The molecule has 2 atom stereocenters. The Kier molecular flexibility index (Phi) is 6.18. The molecule has 0 unspecified atom stereocenters. The maximum Gasteiger partial charge on any atom is 0.233 e. The zero-order valence-corrected chi connectivity index (χ0v) is 15.3. The number of amides is 2. The fourth-order valence-corrected chi connectivity index (χ4v) is 4.38.